The van der Waals surface area contributed by atoms with E-state index in [1.54, 1.807) is 0 Å². The van der Waals surface area contributed by atoms with E-state index in [0.717, 1.165) is 19.3 Å². The largest absolute Gasteiger partial charge is 0.469 e. The first-order valence-electron chi connectivity index (χ1n) is 10.8. The average Bonchev–Trinajstić information content (AvgIpc) is 3.21. The third-order valence-corrected chi connectivity index (χ3v) is 11.3. The molecule has 0 unspecified atom stereocenters. The molecule has 0 bridgehead atoms. The topological polar surface area (TPSA) is 74.2 Å². The van der Waals surface area contributed by atoms with Gasteiger partial charge < -0.3 is 23.7 Å². The molecule has 1 N–H and O–H groups in total. The maximum absolute atomic E-state index is 11.2. The van der Waals surface area contributed by atoms with Crippen molar-refractivity contribution < 1.29 is 28.5 Å². The van der Waals surface area contributed by atoms with Crippen LogP contribution < -0.4 is 0 Å². The minimum absolute atomic E-state index is 0.00543. The molecule has 0 aromatic carbocycles. The number of unbranched alkanes of at least 4 members (excludes halogenated alkanes) is 1. The summed E-state index contributed by atoms with van der Waals surface area (Å²) < 4.78 is 23.5. The summed E-state index contributed by atoms with van der Waals surface area (Å²) in [7, 11) is -0.551. The molecule has 2 rings (SSSR count). The maximum Gasteiger partial charge on any atom is 0.305 e. The first-order chi connectivity index (χ1) is 13.6. The molecule has 168 valence electrons. The van der Waals surface area contributed by atoms with Gasteiger partial charge in [-0.15, -0.1) is 0 Å². The van der Waals surface area contributed by atoms with E-state index in [1.807, 2.05) is 0 Å². The molecule has 7 heteroatoms. The monoisotopic (exact) mass is 428 g/mol. The molecule has 6 nitrogen and oxygen atoms in total. The summed E-state index contributed by atoms with van der Waals surface area (Å²) in [4.78, 5) is 11.2. The molecule has 1 spiro atoms. The number of carbonyl (C=O) groups is 1. The molecule has 1 aliphatic heterocycles. The number of methoxy groups -OCH3 is 1. The molecule has 1 aliphatic carbocycles. The van der Waals surface area contributed by atoms with Gasteiger partial charge in [0.15, 0.2) is 14.1 Å². The second-order valence-corrected chi connectivity index (χ2v) is 14.5. The lowest BCUT2D eigenvalue weighted by atomic mass is 9.89. The Balaban J connectivity index is 2.07. The Morgan fingerprint density at radius 2 is 1.90 bits per heavy atom. The second-order valence-electron chi connectivity index (χ2n) is 9.76. The zero-order valence-corrected chi connectivity index (χ0v) is 20.0. The van der Waals surface area contributed by atoms with E-state index in [0.29, 0.717) is 26.1 Å². The predicted molar refractivity (Wildman–Crippen MR) is 115 cm³/mol. The van der Waals surface area contributed by atoms with Crippen LogP contribution in [0.25, 0.3) is 0 Å². The van der Waals surface area contributed by atoms with Crippen molar-refractivity contribution in [2.45, 2.75) is 82.9 Å². The van der Waals surface area contributed by atoms with Gasteiger partial charge in [0.25, 0.3) is 0 Å². The van der Waals surface area contributed by atoms with E-state index in [4.69, 9.17) is 13.9 Å². The predicted octanol–water partition coefficient (Wildman–Crippen LogP) is 4.04. The summed E-state index contributed by atoms with van der Waals surface area (Å²) in [6, 6.07) is 0. The third kappa shape index (κ3) is 5.91. The number of hydrogen-bond donors (Lipinski definition) is 1. The Hall–Kier alpha value is -0.733. The lowest BCUT2D eigenvalue weighted by molar-refractivity contribution is -0.194. The molecule has 3 atom stereocenters. The molecule has 29 heavy (non-hydrogen) atoms. The van der Waals surface area contributed by atoms with Gasteiger partial charge in [-0.25, -0.2) is 0 Å². The molecule has 0 aromatic heterocycles. The van der Waals surface area contributed by atoms with Crippen molar-refractivity contribution in [3.8, 4) is 0 Å². The van der Waals surface area contributed by atoms with E-state index < -0.39 is 14.1 Å². The lowest BCUT2D eigenvalue weighted by Gasteiger charge is -2.40. The molecule has 1 heterocycles. The van der Waals surface area contributed by atoms with Crippen LogP contribution in [0.15, 0.2) is 12.2 Å². The SMILES string of the molecule is COC(=O)CCC/C=C\C[C@H]1[C@@H](O[Si](C)(C)C(C)(C)C)CC2(OCCO2)[C@@H]1CO. The zero-order chi connectivity index (χ0) is 21.7. The van der Waals surface area contributed by atoms with Gasteiger partial charge in [-0.1, -0.05) is 32.9 Å². The first kappa shape index (κ1) is 24.5. The van der Waals surface area contributed by atoms with Gasteiger partial charge in [-0.3, -0.25) is 4.79 Å². The fraction of sp³-hybridized carbons (Fsp3) is 0.864. The van der Waals surface area contributed by atoms with Crippen molar-refractivity contribution in [1.82, 2.24) is 0 Å². The molecule has 2 aliphatic rings. The Morgan fingerprint density at radius 3 is 2.45 bits per heavy atom. The van der Waals surface area contributed by atoms with Crippen LogP contribution in [0.5, 0.6) is 0 Å². The summed E-state index contributed by atoms with van der Waals surface area (Å²) in [5.41, 5.74) is 0. The molecule has 0 radical (unpaired) electrons. The van der Waals surface area contributed by atoms with Crippen LogP contribution in [0.4, 0.5) is 0 Å². The zero-order valence-electron chi connectivity index (χ0n) is 19.0. The molecular weight excluding hydrogens is 388 g/mol. The Kier molecular flexibility index (Phi) is 8.50. The highest BCUT2D eigenvalue weighted by Crippen LogP contribution is 2.50. The first-order valence-corrected chi connectivity index (χ1v) is 13.8. The van der Waals surface area contributed by atoms with Crippen molar-refractivity contribution in [2.75, 3.05) is 26.9 Å². The third-order valence-electron chi connectivity index (χ3n) is 6.82. The number of allylic oxidation sites excluding steroid dienone is 2. The van der Waals surface area contributed by atoms with Crippen LogP contribution in [0.1, 0.15) is 52.9 Å². The van der Waals surface area contributed by atoms with Crippen molar-refractivity contribution in [3.63, 3.8) is 0 Å². The Bertz CT molecular complexity index is 562. The number of ether oxygens (including phenoxy) is 3. The van der Waals surface area contributed by atoms with Gasteiger partial charge in [0.1, 0.15) is 0 Å². The van der Waals surface area contributed by atoms with Crippen LogP contribution in [-0.2, 0) is 23.4 Å². The van der Waals surface area contributed by atoms with Crippen LogP contribution in [0.3, 0.4) is 0 Å². The van der Waals surface area contributed by atoms with Crippen LogP contribution in [-0.4, -0.2) is 58.2 Å². The fourth-order valence-corrected chi connectivity index (χ4v) is 5.45. The number of aliphatic hydroxyl groups is 1. The average molecular weight is 429 g/mol. The van der Waals surface area contributed by atoms with Gasteiger partial charge in [-0.05, 0) is 43.3 Å². The van der Waals surface area contributed by atoms with E-state index in [-0.39, 0.29) is 35.6 Å². The van der Waals surface area contributed by atoms with Gasteiger partial charge in [0, 0.05) is 18.8 Å². The fourth-order valence-electron chi connectivity index (χ4n) is 4.08. The number of carbonyl (C=O) groups excluding carboxylic acids is 1. The number of rotatable bonds is 9. The normalized spacial score (nSPS) is 27.2. The second kappa shape index (κ2) is 10.0. The maximum atomic E-state index is 11.2. The van der Waals surface area contributed by atoms with Crippen molar-refractivity contribution in [3.05, 3.63) is 12.2 Å². The minimum atomic E-state index is -1.97. The van der Waals surface area contributed by atoms with E-state index in [1.165, 1.54) is 7.11 Å². The highest BCUT2D eigenvalue weighted by molar-refractivity contribution is 6.74. The summed E-state index contributed by atoms with van der Waals surface area (Å²) in [6.45, 7) is 12.4. The Labute approximate surface area is 177 Å². The highest BCUT2D eigenvalue weighted by Gasteiger charge is 2.58. The summed E-state index contributed by atoms with van der Waals surface area (Å²) in [5, 5.41) is 10.3. The lowest BCUT2D eigenvalue weighted by Crippen LogP contribution is -2.45. The van der Waals surface area contributed by atoms with Crippen molar-refractivity contribution in [1.29, 1.82) is 0 Å². The summed E-state index contributed by atoms with van der Waals surface area (Å²) in [5.74, 6) is -0.844. The number of aliphatic hydroxyl groups excluding tert-OH is 1. The van der Waals surface area contributed by atoms with Gasteiger partial charge in [0.05, 0.1) is 33.0 Å². The molecule has 2 fully saturated rings. The quantitative estimate of drug-likeness (QED) is 0.259. The summed E-state index contributed by atoms with van der Waals surface area (Å²) >= 11 is 0. The Morgan fingerprint density at radius 1 is 1.24 bits per heavy atom. The van der Waals surface area contributed by atoms with E-state index in [9.17, 15) is 9.90 Å². The van der Waals surface area contributed by atoms with Gasteiger partial charge in [-0.2, -0.15) is 0 Å². The summed E-state index contributed by atoms with van der Waals surface area (Å²) in [6.07, 6.45) is 7.79. The van der Waals surface area contributed by atoms with Gasteiger partial charge in [0.2, 0.25) is 0 Å². The minimum Gasteiger partial charge on any atom is -0.469 e. The van der Waals surface area contributed by atoms with Crippen LogP contribution >= 0.6 is 0 Å². The van der Waals surface area contributed by atoms with E-state index in [2.05, 4.69) is 50.8 Å². The van der Waals surface area contributed by atoms with Crippen LogP contribution in [0.2, 0.25) is 18.1 Å². The molecular formula is C22H40O6Si. The molecule has 0 aromatic rings. The standard InChI is InChI=1S/C22H40O6Si/c1-21(2,3)29(5,6)28-19-15-22(26-13-14-27-22)18(16-23)17(19)11-9-7-8-10-12-20(24)25-4/h7,9,17-19,23H,8,10-16H2,1-6H3/b9-7-/t17-,18-,19+/m1/s1. The highest BCUT2D eigenvalue weighted by atomic mass is 28.4. The van der Waals surface area contributed by atoms with Crippen molar-refractivity contribution in [2.24, 2.45) is 11.8 Å². The molecule has 1 saturated carbocycles. The molecule has 1 saturated heterocycles. The smallest absolute Gasteiger partial charge is 0.305 e. The number of esters is 1. The number of hydrogen-bond acceptors (Lipinski definition) is 6. The van der Waals surface area contributed by atoms with Crippen LogP contribution in [0, 0.1) is 11.8 Å². The molecule has 0 amide bonds. The van der Waals surface area contributed by atoms with Crippen molar-refractivity contribution >= 4 is 14.3 Å². The van der Waals surface area contributed by atoms with E-state index >= 15 is 0 Å². The van der Waals surface area contributed by atoms with Gasteiger partial charge >= 0.3 is 5.97 Å².